The van der Waals surface area contributed by atoms with Crippen molar-refractivity contribution in [2.75, 3.05) is 46.0 Å². The normalized spacial score (nSPS) is 25.0. The summed E-state index contributed by atoms with van der Waals surface area (Å²) in [6.45, 7) is 8.16. The van der Waals surface area contributed by atoms with Crippen molar-refractivity contribution in [3.63, 3.8) is 0 Å². The lowest BCUT2D eigenvalue weighted by Gasteiger charge is -2.50. The minimum absolute atomic E-state index is 0.0828. The molecule has 3 aliphatic heterocycles. The van der Waals surface area contributed by atoms with Crippen molar-refractivity contribution >= 4 is 5.91 Å². The number of hydrogen-bond donors (Lipinski definition) is 0. The first kappa shape index (κ1) is 17.9. The van der Waals surface area contributed by atoms with Gasteiger partial charge in [0.2, 0.25) is 5.91 Å². The van der Waals surface area contributed by atoms with Gasteiger partial charge < -0.3 is 14.4 Å². The van der Waals surface area contributed by atoms with Gasteiger partial charge in [0.05, 0.1) is 17.9 Å². The summed E-state index contributed by atoms with van der Waals surface area (Å²) in [5.41, 5.74) is 2.09. The minimum atomic E-state index is -0.0828. The number of amides is 1. The summed E-state index contributed by atoms with van der Waals surface area (Å²) in [6.07, 6.45) is 3.27. The average molecular weight is 359 g/mol. The molecule has 0 bridgehead atoms. The molecule has 3 saturated heterocycles. The number of pyridine rings is 1. The summed E-state index contributed by atoms with van der Waals surface area (Å²) in [5.74, 6) is 0.520. The van der Waals surface area contributed by atoms with E-state index in [0.717, 1.165) is 70.0 Å². The molecule has 1 aromatic rings. The number of carbonyl (C=O) groups excluding carboxylic acids is 1. The van der Waals surface area contributed by atoms with Gasteiger partial charge in [-0.25, -0.2) is 0 Å². The van der Waals surface area contributed by atoms with Gasteiger partial charge in [0, 0.05) is 50.9 Å². The smallest absolute Gasteiger partial charge is 0.248 e. The highest BCUT2D eigenvalue weighted by atomic mass is 16.5. The number of likely N-dealkylation sites (tertiary alicyclic amines) is 2. The van der Waals surface area contributed by atoms with Gasteiger partial charge in [0.15, 0.2) is 0 Å². The Labute approximate surface area is 155 Å². The minimum Gasteiger partial charge on any atom is -0.372 e. The molecule has 0 N–H and O–H groups in total. The van der Waals surface area contributed by atoms with Gasteiger partial charge in [-0.05, 0) is 38.3 Å². The van der Waals surface area contributed by atoms with E-state index in [1.807, 2.05) is 17.9 Å². The monoisotopic (exact) mass is 359 g/mol. The second-order valence-electron chi connectivity index (χ2n) is 7.92. The summed E-state index contributed by atoms with van der Waals surface area (Å²) < 4.78 is 11.9. The molecular formula is C20H29N3O3. The van der Waals surface area contributed by atoms with Crippen LogP contribution in [0.4, 0.5) is 0 Å². The van der Waals surface area contributed by atoms with Gasteiger partial charge >= 0.3 is 0 Å². The van der Waals surface area contributed by atoms with E-state index in [0.29, 0.717) is 12.5 Å². The molecule has 6 nitrogen and oxygen atoms in total. The van der Waals surface area contributed by atoms with E-state index >= 15 is 0 Å². The van der Waals surface area contributed by atoms with Crippen molar-refractivity contribution in [1.82, 2.24) is 14.8 Å². The van der Waals surface area contributed by atoms with Crippen LogP contribution < -0.4 is 0 Å². The van der Waals surface area contributed by atoms with Crippen molar-refractivity contribution in [2.45, 2.75) is 38.3 Å². The van der Waals surface area contributed by atoms with Gasteiger partial charge in [-0.1, -0.05) is 6.07 Å². The summed E-state index contributed by atoms with van der Waals surface area (Å²) >= 11 is 0. The van der Waals surface area contributed by atoms with E-state index in [1.165, 1.54) is 0 Å². The Kier molecular flexibility index (Phi) is 5.25. The molecule has 1 aromatic heterocycles. The Morgan fingerprint density at radius 1 is 1.35 bits per heavy atom. The molecule has 4 heterocycles. The molecular weight excluding hydrogens is 330 g/mol. The predicted molar refractivity (Wildman–Crippen MR) is 97.7 cm³/mol. The molecule has 3 aliphatic rings. The van der Waals surface area contributed by atoms with E-state index in [1.54, 1.807) is 0 Å². The Bertz CT molecular complexity index is 639. The number of hydrogen-bond acceptors (Lipinski definition) is 5. The van der Waals surface area contributed by atoms with Gasteiger partial charge in [-0.2, -0.15) is 0 Å². The Hall–Kier alpha value is -1.50. The maximum absolute atomic E-state index is 12.1. The zero-order valence-electron chi connectivity index (χ0n) is 15.7. The molecule has 142 valence electrons. The zero-order valence-corrected chi connectivity index (χ0v) is 15.7. The van der Waals surface area contributed by atoms with Crippen LogP contribution in [0, 0.1) is 12.8 Å². The van der Waals surface area contributed by atoms with Gasteiger partial charge in [0.25, 0.3) is 0 Å². The number of ether oxygens (including phenoxy) is 2. The SMILES string of the molecule is Cc1cccc(CN2CC3(C2)OCC[C@@H]3COCC(=O)N2CCCC2)n1. The highest BCUT2D eigenvalue weighted by Gasteiger charge is 2.52. The van der Waals surface area contributed by atoms with E-state index in [-0.39, 0.29) is 18.1 Å². The van der Waals surface area contributed by atoms with Crippen molar-refractivity contribution in [2.24, 2.45) is 5.92 Å². The molecule has 0 aliphatic carbocycles. The van der Waals surface area contributed by atoms with E-state index in [2.05, 4.69) is 22.0 Å². The van der Waals surface area contributed by atoms with Crippen molar-refractivity contribution in [3.05, 3.63) is 29.6 Å². The Balaban J connectivity index is 1.23. The highest BCUT2D eigenvalue weighted by Crippen LogP contribution is 2.40. The second kappa shape index (κ2) is 7.62. The molecule has 26 heavy (non-hydrogen) atoms. The fraction of sp³-hybridized carbons (Fsp3) is 0.700. The fourth-order valence-electron chi connectivity index (χ4n) is 4.46. The van der Waals surface area contributed by atoms with Gasteiger partial charge in [0.1, 0.15) is 6.61 Å². The maximum atomic E-state index is 12.1. The largest absolute Gasteiger partial charge is 0.372 e. The molecule has 4 rings (SSSR count). The van der Waals surface area contributed by atoms with Crippen LogP contribution in [0.3, 0.4) is 0 Å². The summed E-state index contributed by atoms with van der Waals surface area (Å²) in [6, 6.07) is 6.17. The third kappa shape index (κ3) is 3.77. The summed E-state index contributed by atoms with van der Waals surface area (Å²) in [5, 5.41) is 0. The summed E-state index contributed by atoms with van der Waals surface area (Å²) in [7, 11) is 0. The molecule has 0 saturated carbocycles. The predicted octanol–water partition coefficient (Wildman–Crippen LogP) is 1.62. The second-order valence-corrected chi connectivity index (χ2v) is 7.92. The van der Waals surface area contributed by atoms with Crippen LogP contribution in [0.2, 0.25) is 0 Å². The van der Waals surface area contributed by atoms with Crippen molar-refractivity contribution in [3.8, 4) is 0 Å². The maximum Gasteiger partial charge on any atom is 0.248 e. The first-order valence-electron chi connectivity index (χ1n) is 9.79. The van der Waals surface area contributed by atoms with Crippen molar-refractivity contribution in [1.29, 1.82) is 0 Å². The average Bonchev–Trinajstić information content (AvgIpc) is 3.24. The first-order chi connectivity index (χ1) is 12.6. The lowest BCUT2D eigenvalue weighted by molar-refractivity contribution is -0.151. The molecule has 0 unspecified atom stereocenters. The quantitative estimate of drug-likeness (QED) is 0.773. The van der Waals surface area contributed by atoms with Gasteiger partial charge in [-0.3, -0.25) is 14.7 Å². The third-order valence-corrected chi connectivity index (χ3v) is 5.92. The lowest BCUT2D eigenvalue weighted by Crippen LogP contribution is -2.64. The Morgan fingerprint density at radius 3 is 2.92 bits per heavy atom. The third-order valence-electron chi connectivity index (χ3n) is 5.92. The number of carbonyl (C=O) groups is 1. The van der Waals surface area contributed by atoms with E-state index in [9.17, 15) is 4.79 Å². The fourth-order valence-corrected chi connectivity index (χ4v) is 4.46. The Morgan fingerprint density at radius 2 is 2.15 bits per heavy atom. The molecule has 6 heteroatoms. The van der Waals surface area contributed by atoms with Crippen LogP contribution >= 0.6 is 0 Å². The van der Waals surface area contributed by atoms with Crippen LogP contribution in [-0.4, -0.2) is 72.3 Å². The molecule has 1 atom stereocenters. The van der Waals surface area contributed by atoms with Crippen molar-refractivity contribution < 1.29 is 14.3 Å². The molecule has 1 spiro atoms. The van der Waals surface area contributed by atoms with E-state index < -0.39 is 0 Å². The number of aryl methyl sites for hydroxylation is 1. The van der Waals surface area contributed by atoms with Crippen LogP contribution in [0.15, 0.2) is 18.2 Å². The number of rotatable bonds is 6. The van der Waals surface area contributed by atoms with E-state index in [4.69, 9.17) is 9.47 Å². The van der Waals surface area contributed by atoms with Gasteiger partial charge in [-0.15, -0.1) is 0 Å². The lowest BCUT2D eigenvalue weighted by atomic mass is 9.81. The number of nitrogens with zero attached hydrogens (tertiary/aromatic N) is 3. The van der Waals surface area contributed by atoms with Crippen LogP contribution in [0.1, 0.15) is 30.7 Å². The first-order valence-corrected chi connectivity index (χ1v) is 9.79. The molecule has 0 aromatic carbocycles. The molecule has 0 radical (unpaired) electrons. The number of aromatic nitrogens is 1. The summed E-state index contributed by atoms with van der Waals surface area (Å²) in [4.78, 5) is 21.0. The van der Waals surface area contributed by atoms with Crippen LogP contribution in [-0.2, 0) is 20.8 Å². The molecule has 1 amide bonds. The van der Waals surface area contributed by atoms with Crippen LogP contribution in [0.5, 0.6) is 0 Å². The zero-order chi connectivity index (χ0) is 18.0. The van der Waals surface area contributed by atoms with Crippen LogP contribution in [0.25, 0.3) is 0 Å². The molecule has 3 fully saturated rings. The highest BCUT2D eigenvalue weighted by molar-refractivity contribution is 5.77. The topological polar surface area (TPSA) is 54.9 Å². The standard InChI is InChI=1S/C20H29N3O3/c1-16-5-4-6-18(21-16)11-22-14-20(15-22)17(7-10-26-20)12-25-13-19(24)23-8-2-3-9-23/h4-6,17H,2-3,7-15H2,1H3/t17-/m1/s1.